The molecular formula is C13H26N4O2S. The average molecular weight is 302 g/mol. The summed E-state index contributed by atoms with van der Waals surface area (Å²) in [6, 6.07) is 0.214. The molecule has 20 heavy (non-hydrogen) atoms. The molecule has 0 saturated carbocycles. The minimum atomic E-state index is -3.52. The van der Waals surface area contributed by atoms with Crippen LogP contribution in [-0.4, -0.2) is 41.5 Å². The molecule has 0 bridgehead atoms. The van der Waals surface area contributed by atoms with Crippen LogP contribution >= 0.6 is 0 Å². The minimum absolute atomic E-state index is 0.0749. The molecule has 1 aromatic rings. The monoisotopic (exact) mass is 302 g/mol. The molecule has 1 rings (SSSR count). The van der Waals surface area contributed by atoms with Gasteiger partial charge in [-0.3, -0.25) is 5.10 Å². The van der Waals surface area contributed by atoms with Gasteiger partial charge in [-0.05, 0) is 20.3 Å². The van der Waals surface area contributed by atoms with Gasteiger partial charge in [0.05, 0.1) is 6.20 Å². The second-order valence-corrected chi connectivity index (χ2v) is 7.30. The molecule has 6 nitrogen and oxygen atoms in total. The van der Waals surface area contributed by atoms with Crippen molar-refractivity contribution in [3.8, 4) is 0 Å². The van der Waals surface area contributed by atoms with Crippen LogP contribution in [0.25, 0.3) is 0 Å². The van der Waals surface area contributed by atoms with Gasteiger partial charge in [0.15, 0.2) is 5.03 Å². The summed E-state index contributed by atoms with van der Waals surface area (Å²) in [5, 5.41) is 9.96. The number of rotatable bonds is 8. The van der Waals surface area contributed by atoms with E-state index in [1.807, 2.05) is 34.6 Å². The van der Waals surface area contributed by atoms with Crippen molar-refractivity contribution in [2.75, 3.05) is 6.54 Å². The van der Waals surface area contributed by atoms with Crippen LogP contribution in [0.2, 0.25) is 0 Å². The molecule has 0 spiro atoms. The van der Waals surface area contributed by atoms with Crippen molar-refractivity contribution >= 4 is 10.0 Å². The van der Waals surface area contributed by atoms with Crippen molar-refractivity contribution < 1.29 is 8.42 Å². The first-order valence-electron chi connectivity index (χ1n) is 7.08. The van der Waals surface area contributed by atoms with Gasteiger partial charge >= 0.3 is 0 Å². The predicted molar refractivity (Wildman–Crippen MR) is 79.9 cm³/mol. The predicted octanol–water partition coefficient (Wildman–Crippen LogP) is 1.72. The smallest absolute Gasteiger partial charge is 0.260 e. The fraction of sp³-hybridized carbons (Fsp3) is 0.769. The Hall–Kier alpha value is -0.920. The van der Waals surface area contributed by atoms with Crippen LogP contribution in [0, 0.1) is 0 Å². The van der Waals surface area contributed by atoms with E-state index in [4.69, 9.17) is 0 Å². The number of sulfonamides is 1. The molecule has 2 N–H and O–H groups in total. The summed E-state index contributed by atoms with van der Waals surface area (Å²) in [6.07, 6.45) is 2.36. The molecule has 0 amide bonds. The molecular weight excluding hydrogens is 276 g/mol. The van der Waals surface area contributed by atoms with Crippen LogP contribution < -0.4 is 5.32 Å². The lowest BCUT2D eigenvalue weighted by atomic mass is 10.3. The zero-order chi connectivity index (χ0) is 15.3. The van der Waals surface area contributed by atoms with Crippen LogP contribution in [0.3, 0.4) is 0 Å². The van der Waals surface area contributed by atoms with E-state index in [-0.39, 0.29) is 17.1 Å². The first-order valence-corrected chi connectivity index (χ1v) is 8.52. The zero-order valence-corrected chi connectivity index (χ0v) is 13.8. The van der Waals surface area contributed by atoms with Crippen molar-refractivity contribution in [1.29, 1.82) is 0 Å². The Balaban J connectivity index is 3.05. The molecule has 1 aromatic heterocycles. The second kappa shape index (κ2) is 7.19. The Morgan fingerprint density at radius 1 is 1.35 bits per heavy atom. The van der Waals surface area contributed by atoms with E-state index in [1.54, 1.807) is 6.20 Å². The van der Waals surface area contributed by atoms with Gasteiger partial charge in [0, 0.05) is 30.7 Å². The average Bonchev–Trinajstić information content (AvgIpc) is 2.81. The zero-order valence-electron chi connectivity index (χ0n) is 13.0. The molecule has 0 aliphatic rings. The van der Waals surface area contributed by atoms with E-state index in [0.717, 1.165) is 6.42 Å². The molecule has 1 heterocycles. The Bertz CT molecular complexity index is 508. The maximum Gasteiger partial charge on any atom is 0.260 e. The van der Waals surface area contributed by atoms with Crippen molar-refractivity contribution in [1.82, 2.24) is 19.8 Å². The van der Waals surface area contributed by atoms with Gasteiger partial charge < -0.3 is 5.32 Å². The van der Waals surface area contributed by atoms with Crippen LogP contribution in [-0.2, 0) is 16.6 Å². The van der Waals surface area contributed by atoms with Crippen molar-refractivity contribution in [2.24, 2.45) is 0 Å². The van der Waals surface area contributed by atoms with Crippen molar-refractivity contribution in [3.63, 3.8) is 0 Å². The van der Waals surface area contributed by atoms with Gasteiger partial charge in [-0.15, -0.1) is 0 Å². The molecule has 0 unspecified atom stereocenters. The van der Waals surface area contributed by atoms with Gasteiger partial charge in [0.25, 0.3) is 10.0 Å². The largest absolute Gasteiger partial charge is 0.310 e. The number of aromatic amines is 1. The summed E-state index contributed by atoms with van der Waals surface area (Å²) >= 11 is 0. The Morgan fingerprint density at radius 2 is 2.00 bits per heavy atom. The molecule has 0 fully saturated rings. The molecule has 0 aliphatic heterocycles. The highest BCUT2D eigenvalue weighted by atomic mass is 32.2. The fourth-order valence-corrected chi connectivity index (χ4v) is 3.79. The minimum Gasteiger partial charge on any atom is -0.310 e. The number of nitrogens with one attached hydrogen (secondary N) is 2. The van der Waals surface area contributed by atoms with Gasteiger partial charge in [-0.2, -0.15) is 9.40 Å². The van der Waals surface area contributed by atoms with Crippen LogP contribution in [0.1, 0.15) is 46.6 Å². The molecule has 116 valence electrons. The van der Waals surface area contributed by atoms with E-state index in [1.165, 1.54) is 4.31 Å². The molecule has 0 radical (unpaired) electrons. The number of hydrogen-bond acceptors (Lipinski definition) is 4. The van der Waals surface area contributed by atoms with E-state index >= 15 is 0 Å². The van der Waals surface area contributed by atoms with E-state index in [9.17, 15) is 8.42 Å². The van der Waals surface area contributed by atoms with Gasteiger partial charge in [-0.1, -0.05) is 20.8 Å². The Labute approximate surface area is 122 Å². The van der Waals surface area contributed by atoms with E-state index < -0.39 is 10.0 Å². The number of H-pyrrole nitrogens is 1. The lowest BCUT2D eigenvalue weighted by molar-refractivity contribution is 0.352. The van der Waals surface area contributed by atoms with Gasteiger partial charge in [0.1, 0.15) is 0 Å². The summed E-state index contributed by atoms with van der Waals surface area (Å²) in [4.78, 5) is 0. The Morgan fingerprint density at radius 3 is 2.50 bits per heavy atom. The highest BCUT2D eigenvalue weighted by Gasteiger charge is 2.29. The lowest BCUT2D eigenvalue weighted by Gasteiger charge is -2.25. The third-order valence-corrected chi connectivity index (χ3v) is 5.06. The van der Waals surface area contributed by atoms with Gasteiger partial charge in [-0.25, -0.2) is 8.42 Å². The van der Waals surface area contributed by atoms with Gasteiger partial charge in [0.2, 0.25) is 0 Å². The maximum atomic E-state index is 12.7. The van der Waals surface area contributed by atoms with E-state index in [0.29, 0.717) is 18.7 Å². The van der Waals surface area contributed by atoms with E-state index in [2.05, 4.69) is 15.5 Å². The summed E-state index contributed by atoms with van der Waals surface area (Å²) in [5.41, 5.74) is 0.681. The summed E-state index contributed by atoms with van der Waals surface area (Å²) in [6.45, 7) is 10.8. The highest BCUT2D eigenvalue weighted by molar-refractivity contribution is 7.89. The second-order valence-electron chi connectivity index (χ2n) is 5.47. The normalized spacial score (nSPS) is 12.8. The SMILES string of the molecule is CCCN(C(C)C)S(=O)(=O)c1[nH]ncc1CNC(C)C. The Kier molecular flexibility index (Phi) is 6.16. The topological polar surface area (TPSA) is 78.1 Å². The summed E-state index contributed by atoms with van der Waals surface area (Å²) in [7, 11) is -3.52. The summed E-state index contributed by atoms with van der Waals surface area (Å²) in [5.74, 6) is 0. The maximum absolute atomic E-state index is 12.7. The lowest BCUT2D eigenvalue weighted by Crippen LogP contribution is -2.38. The first-order chi connectivity index (χ1) is 9.30. The standard InChI is InChI=1S/C13H26N4O2S/c1-6-7-17(11(4)5)20(18,19)13-12(9-15-16-13)8-14-10(2)3/h9-11,14H,6-8H2,1-5H3,(H,15,16). The van der Waals surface area contributed by atoms with Crippen molar-refractivity contribution in [3.05, 3.63) is 11.8 Å². The first kappa shape index (κ1) is 17.1. The number of hydrogen-bond donors (Lipinski definition) is 2. The quantitative estimate of drug-likeness (QED) is 0.766. The fourth-order valence-electron chi connectivity index (χ4n) is 1.96. The molecule has 0 saturated heterocycles. The number of nitrogens with zero attached hydrogens (tertiary/aromatic N) is 2. The molecule has 0 aromatic carbocycles. The van der Waals surface area contributed by atoms with Crippen molar-refractivity contribution in [2.45, 2.75) is 64.7 Å². The van der Waals surface area contributed by atoms with Crippen LogP contribution in [0.15, 0.2) is 11.2 Å². The number of aromatic nitrogens is 2. The van der Waals surface area contributed by atoms with Crippen LogP contribution in [0.4, 0.5) is 0 Å². The third-order valence-electron chi connectivity index (χ3n) is 2.97. The molecule has 7 heteroatoms. The summed E-state index contributed by atoms with van der Waals surface area (Å²) < 4.78 is 26.9. The third kappa shape index (κ3) is 4.04. The molecule has 0 aliphatic carbocycles. The molecule has 0 atom stereocenters. The van der Waals surface area contributed by atoms with Crippen LogP contribution in [0.5, 0.6) is 0 Å². The highest BCUT2D eigenvalue weighted by Crippen LogP contribution is 2.20.